The number of carbonyl (C=O) groups excluding carboxylic acids is 2. The molecular formula is C11H17NO4. The molecule has 5 heteroatoms. The van der Waals surface area contributed by atoms with Crippen molar-refractivity contribution in [3.8, 4) is 0 Å². The van der Waals surface area contributed by atoms with Crippen molar-refractivity contribution < 1.29 is 19.1 Å². The van der Waals surface area contributed by atoms with Crippen molar-refractivity contribution in [2.45, 2.75) is 18.9 Å². The van der Waals surface area contributed by atoms with Crippen molar-refractivity contribution >= 4 is 11.8 Å². The second-order valence-corrected chi connectivity index (χ2v) is 4.49. The average Bonchev–Trinajstić information content (AvgIpc) is 2.73. The molecule has 16 heavy (non-hydrogen) atoms. The molecule has 0 N–H and O–H groups in total. The largest absolute Gasteiger partial charge is 0.465 e. The van der Waals surface area contributed by atoms with Crippen LogP contribution in [-0.4, -0.2) is 55.6 Å². The number of likely N-dealkylation sites (N-methyl/N-ethyl adjacent to an activating group) is 1. The molecule has 0 aromatic carbocycles. The first-order valence-electron chi connectivity index (χ1n) is 5.61. The van der Waals surface area contributed by atoms with Crippen LogP contribution in [-0.2, 0) is 19.1 Å². The summed E-state index contributed by atoms with van der Waals surface area (Å²) in [4.78, 5) is 25.6. The molecule has 2 fully saturated rings. The first-order valence-corrected chi connectivity index (χ1v) is 5.61. The van der Waals surface area contributed by atoms with Gasteiger partial charge in [0.15, 0.2) is 5.78 Å². The molecule has 2 aliphatic heterocycles. The van der Waals surface area contributed by atoms with Gasteiger partial charge in [-0.15, -0.1) is 0 Å². The van der Waals surface area contributed by atoms with Crippen LogP contribution in [0.1, 0.15) is 13.3 Å². The summed E-state index contributed by atoms with van der Waals surface area (Å²) in [5.74, 6) is -1.30. The van der Waals surface area contributed by atoms with Gasteiger partial charge in [0, 0.05) is 13.1 Å². The minimum atomic E-state index is -0.725. The third kappa shape index (κ3) is 1.74. The molecule has 2 atom stereocenters. The van der Waals surface area contributed by atoms with Gasteiger partial charge in [-0.25, -0.2) is 0 Å². The van der Waals surface area contributed by atoms with Crippen LogP contribution < -0.4 is 0 Å². The summed E-state index contributed by atoms with van der Waals surface area (Å²) in [5, 5.41) is 0. The van der Waals surface area contributed by atoms with Gasteiger partial charge in [0.05, 0.1) is 6.61 Å². The zero-order valence-corrected chi connectivity index (χ0v) is 9.69. The maximum atomic E-state index is 11.8. The summed E-state index contributed by atoms with van der Waals surface area (Å²) >= 11 is 0. The Labute approximate surface area is 94.7 Å². The number of nitrogens with zero attached hydrogens (tertiary/aromatic N) is 1. The molecule has 0 amide bonds. The van der Waals surface area contributed by atoms with Crippen LogP contribution in [0.2, 0.25) is 0 Å². The second kappa shape index (κ2) is 4.14. The summed E-state index contributed by atoms with van der Waals surface area (Å²) in [6.07, 6.45) is 0.721. The summed E-state index contributed by atoms with van der Waals surface area (Å²) in [6.45, 7) is 3.56. The molecule has 0 radical (unpaired) electrons. The maximum absolute atomic E-state index is 11.8. The van der Waals surface area contributed by atoms with Crippen LogP contribution in [0.15, 0.2) is 0 Å². The van der Waals surface area contributed by atoms with Crippen LogP contribution in [0.4, 0.5) is 0 Å². The SMILES string of the molecule is CCOC(=O)C1C(=O)COC12CCN(C)C2. The van der Waals surface area contributed by atoms with Crippen LogP contribution in [0.25, 0.3) is 0 Å². The lowest BCUT2D eigenvalue weighted by atomic mass is 9.86. The van der Waals surface area contributed by atoms with Gasteiger partial charge in [0.1, 0.15) is 18.1 Å². The quantitative estimate of drug-likeness (QED) is 0.484. The fraction of sp³-hybridized carbons (Fsp3) is 0.818. The molecule has 90 valence electrons. The number of ether oxygens (including phenoxy) is 2. The molecule has 2 saturated heterocycles. The van der Waals surface area contributed by atoms with Crippen LogP contribution in [0.3, 0.4) is 0 Å². The molecule has 0 bridgehead atoms. The van der Waals surface area contributed by atoms with Gasteiger partial charge < -0.3 is 14.4 Å². The van der Waals surface area contributed by atoms with Crippen LogP contribution >= 0.6 is 0 Å². The molecule has 2 rings (SSSR count). The van der Waals surface area contributed by atoms with Gasteiger partial charge in [0.2, 0.25) is 0 Å². The number of rotatable bonds is 2. The third-order valence-corrected chi connectivity index (χ3v) is 3.33. The fourth-order valence-electron chi connectivity index (χ4n) is 2.60. The van der Waals surface area contributed by atoms with E-state index in [2.05, 4.69) is 4.90 Å². The Kier molecular flexibility index (Phi) is 2.99. The highest BCUT2D eigenvalue weighted by Gasteiger charge is 2.56. The number of hydrogen-bond acceptors (Lipinski definition) is 5. The van der Waals surface area contributed by atoms with Crippen molar-refractivity contribution in [1.29, 1.82) is 0 Å². The van der Waals surface area contributed by atoms with E-state index in [4.69, 9.17) is 9.47 Å². The number of esters is 1. The van der Waals surface area contributed by atoms with Crippen molar-refractivity contribution in [2.75, 3.05) is 33.4 Å². The van der Waals surface area contributed by atoms with E-state index in [0.29, 0.717) is 13.2 Å². The number of likely N-dealkylation sites (tertiary alicyclic amines) is 1. The van der Waals surface area contributed by atoms with Gasteiger partial charge >= 0.3 is 5.97 Å². The molecule has 0 saturated carbocycles. The van der Waals surface area contributed by atoms with Gasteiger partial charge in [-0.1, -0.05) is 0 Å². The maximum Gasteiger partial charge on any atom is 0.319 e. The van der Waals surface area contributed by atoms with Crippen molar-refractivity contribution in [1.82, 2.24) is 4.90 Å². The Bertz CT molecular complexity index is 317. The molecule has 0 aromatic heterocycles. The lowest BCUT2D eigenvalue weighted by Crippen LogP contribution is -2.44. The minimum Gasteiger partial charge on any atom is -0.465 e. The van der Waals surface area contributed by atoms with Gasteiger partial charge in [-0.2, -0.15) is 0 Å². The van der Waals surface area contributed by atoms with Gasteiger partial charge in [-0.3, -0.25) is 9.59 Å². The van der Waals surface area contributed by atoms with Crippen molar-refractivity contribution in [2.24, 2.45) is 5.92 Å². The Morgan fingerprint density at radius 3 is 3.00 bits per heavy atom. The zero-order chi connectivity index (χ0) is 11.8. The van der Waals surface area contributed by atoms with E-state index in [0.717, 1.165) is 13.0 Å². The van der Waals surface area contributed by atoms with E-state index in [1.165, 1.54) is 0 Å². The first kappa shape index (κ1) is 11.5. The normalized spacial score (nSPS) is 34.9. The van der Waals surface area contributed by atoms with Gasteiger partial charge in [-0.05, 0) is 20.4 Å². The lowest BCUT2D eigenvalue weighted by Gasteiger charge is -2.26. The number of ketones is 1. The standard InChI is InChI=1S/C11H17NO4/c1-3-15-10(14)9-8(13)6-16-11(9)4-5-12(2)7-11/h9H,3-7H2,1-2H3. The monoisotopic (exact) mass is 227 g/mol. The molecule has 1 spiro atoms. The van der Waals surface area contributed by atoms with E-state index in [1.54, 1.807) is 6.92 Å². The third-order valence-electron chi connectivity index (χ3n) is 3.33. The van der Waals surface area contributed by atoms with E-state index in [9.17, 15) is 9.59 Å². The fourth-order valence-corrected chi connectivity index (χ4v) is 2.60. The van der Waals surface area contributed by atoms with E-state index >= 15 is 0 Å². The molecule has 0 aliphatic carbocycles. The summed E-state index contributed by atoms with van der Waals surface area (Å²) in [6, 6.07) is 0. The molecule has 0 aromatic rings. The average molecular weight is 227 g/mol. The zero-order valence-electron chi connectivity index (χ0n) is 9.69. The minimum absolute atomic E-state index is 0.0390. The van der Waals surface area contributed by atoms with E-state index < -0.39 is 17.5 Å². The Morgan fingerprint density at radius 2 is 2.44 bits per heavy atom. The first-order chi connectivity index (χ1) is 7.59. The highest BCUT2D eigenvalue weighted by molar-refractivity contribution is 6.02. The number of hydrogen-bond donors (Lipinski definition) is 0. The van der Waals surface area contributed by atoms with Crippen molar-refractivity contribution in [3.63, 3.8) is 0 Å². The topological polar surface area (TPSA) is 55.8 Å². The Morgan fingerprint density at radius 1 is 1.69 bits per heavy atom. The van der Waals surface area contributed by atoms with Gasteiger partial charge in [0.25, 0.3) is 0 Å². The van der Waals surface area contributed by atoms with Crippen molar-refractivity contribution in [3.05, 3.63) is 0 Å². The lowest BCUT2D eigenvalue weighted by molar-refractivity contribution is -0.155. The summed E-state index contributed by atoms with van der Waals surface area (Å²) in [5.41, 5.74) is -0.627. The predicted molar refractivity (Wildman–Crippen MR) is 55.9 cm³/mol. The highest BCUT2D eigenvalue weighted by Crippen LogP contribution is 2.38. The predicted octanol–water partition coefficient (Wildman–Crippen LogP) is -0.161. The number of carbonyl (C=O) groups is 2. The van der Waals surface area contributed by atoms with Crippen LogP contribution in [0, 0.1) is 5.92 Å². The van der Waals surface area contributed by atoms with E-state index in [-0.39, 0.29) is 12.4 Å². The molecule has 2 unspecified atom stereocenters. The Hall–Kier alpha value is -0.940. The highest BCUT2D eigenvalue weighted by atomic mass is 16.5. The molecule has 2 aliphatic rings. The second-order valence-electron chi connectivity index (χ2n) is 4.49. The number of Topliss-reactive ketones (excluding diaryl/α,β-unsaturated/α-hetero) is 1. The van der Waals surface area contributed by atoms with Crippen LogP contribution in [0.5, 0.6) is 0 Å². The molecule has 5 nitrogen and oxygen atoms in total. The Balaban J connectivity index is 2.19. The van der Waals surface area contributed by atoms with E-state index in [1.807, 2.05) is 7.05 Å². The molecular weight excluding hydrogens is 210 g/mol. The summed E-state index contributed by atoms with van der Waals surface area (Å²) < 4.78 is 10.5. The molecule has 2 heterocycles. The smallest absolute Gasteiger partial charge is 0.319 e. The summed E-state index contributed by atoms with van der Waals surface area (Å²) in [7, 11) is 1.96.